The molecular weight excluding hydrogens is 1180 g/mol. The van der Waals surface area contributed by atoms with Gasteiger partial charge in [-0.3, -0.25) is 19.2 Å². The molecule has 5 heterocycles. The average Bonchev–Trinajstić information content (AvgIpc) is 0.816. The second-order valence-corrected chi connectivity index (χ2v) is 25.6. The molecule has 0 radical (unpaired) electrons. The quantitative estimate of drug-likeness (QED) is 0.0766. The zero-order chi connectivity index (χ0) is 66.5. The largest absolute Gasteiger partial charge is 0.511 e. The second-order valence-electron chi connectivity index (χ2n) is 25.6. The Morgan fingerprint density at radius 1 is 0.733 bits per heavy atom. The van der Waals surface area contributed by atoms with Crippen molar-refractivity contribution in [3.05, 3.63) is 47.6 Å². The minimum atomic E-state index is -2.53. The fraction of sp³-hybridized carbons (Fsp3) is 0.781. The van der Waals surface area contributed by atoms with E-state index in [0.29, 0.717) is 51.4 Å². The number of amides is 1. The van der Waals surface area contributed by atoms with Crippen molar-refractivity contribution in [3.8, 4) is 0 Å². The first-order valence-electron chi connectivity index (χ1n) is 31.6. The molecule has 9 N–H and O–H groups in total. The maximum absolute atomic E-state index is 14.8. The van der Waals surface area contributed by atoms with Crippen molar-refractivity contribution in [1.29, 1.82) is 0 Å². The molecule has 510 valence electrons. The zero-order valence-electron chi connectivity index (χ0n) is 53.4. The highest BCUT2D eigenvalue weighted by atomic mass is 16.8. The highest BCUT2D eigenvalue weighted by molar-refractivity contribution is 6.39. The highest BCUT2D eigenvalue weighted by Gasteiger charge is 2.55. The van der Waals surface area contributed by atoms with E-state index in [1.165, 1.54) is 41.3 Å². The maximum Gasteiger partial charge on any atom is 0.511 e. The summed E-state index contributed by atoms with van der Waals surface area (Å²) in [5, 5.41) is 96.6. The number of aliphatic hydroxyl groups excluding tert-OH is 8. The lowest BCUT2D eigenvalue weighted by atomic mass is 9.78. The number of hydrogen-bond donors (Lipinski definition) is 9. The summed E-state index contributed by atoms with van der Waals surface area (Å²) in [6, 6.07) is -1.28. The lowest BCUT2D eigenvalue weighted by Gasteiger charge is -2.45. The van der Waals surface area contributed by atoms with Crippen LogP contribution < -0.4 is 0 Å². The van der Waals surface area contributed by atoms with Crippen LogP contribution in [-0.2, 0) is 71.3 Å². The van der Waals surface area contributed by atoms with Crippen molar-refractivity contribution < 1.29 is 122 Å². The maximum atomic E-state index is 14.8. The van der Waals surface area contributed by atoms with Gasteiger partial charge in [0.15, 0.2) is 30.4 Å². The molecule has 0 aromatic rings. The molecule has 5 aliphatic heterocycles. The highest BCUT2D eigenvalue weighted by Crippen LogP contribution is 2.39. The number of aliphatic hydroxyl groups is 9. The molecule has 1 aliphatic carbocycles. The zero-order valence-corrected chi connectivity index (χ0v) is 53.4. The van der Waals surface area contributed by atoms with E-state index in [9.17, 15) is 74.7 Å². The van der Waals surface area contributed by atoms with Crippen LogP contribution in [0.2, 0.25) is 0 Å². The molecule has 1 saturated carbocycles. The molecule has 26 nitrogen and oxygen atoms in total. The van der Waals surface area contributed by atoms with Gasteiger partial charge in [0.05, 0.1) is 37.6 Å². The number of cyclic esters (lactones) is 1. The molecule has 0 aromatic carbocycles. The van der Waals surface area contributed by atoms with Crippen LogP contribution in [0.15, 0.2) is 47.6 Å². The predicted molar refractivity (Wildman–Crippen MR) is 317 cm³/mol. The molecule has 6 aliphatic rings. The van der Waals surface area contributed by atoms with Crippen molar-refractivity contribution in [3.63, 3.8) is 0 Å². The van der Waals surface area contributed by atoms with E-state index < -0.39 is 195 Å². The van der Waals surface area contributed by atoms with Gasteiger partial charge >= 0.3 is 12.1 Å². The summed E-state index contributed by atoms with van der Waals surface area (Å²) >= 11 is 0. The SMILES string of the molecule is CO[C@H]1C[C@@H]2CC[C@@H](C)[C@@](O)(O2)C(=O)C(=O)N2CCCCC2C(=O)O[C@H]([C@H](C)CC2CC[C@@H](O)[C@H](OC)C2)CC(=O)[C@H](C)/C=C(\C)[C@@H](OC(=O)O[C@@H]2O[C@H](CO)[C@@H](O)[C@H](O)[C@H]2O[C@H]2O[C@H](CO)[C@@H](O)[C@H](O)[C@H]2O)[C@@H](OC)C(=O)[C@H](C)C[C@H](C)\C=C/C=C/C=C/1C. The number of methoxy groups -OCH3 is 3. The number of piperidine rings is 1. The van der Waals surface area contributed by atoms with Crippen molar-refractivity contribution in [2.45, 2.75) is 241 Å². The van der Waals surface area contributed by atoms with Gasteiger partial charge in [-0.15, -0.1) is 0 Å². The minimum Gasteiger partial charge on any atom is -0.460 e. The van der Waals surface area contributed by atoms with Crippen molar-refractivity contribution in [2.24, 2.45) is 35.5 Å². The van der Waals surface area contributed by atoms with E-state index >= 15 is 0 Å². The number of hydrogen-bond acceptors (Lipinski definition) is 25. The van der Waals surface area contributed by atoms with E-state index in [1.807, 2.05) is 32.9 Å². The number of rotatable bonds is 12. The van der Waals surface area contributed by atoms with Crippen LogP contribution in [0.4, 0.5) is 4.79 Å². The first kappa shape index (κ1) is 74.6. The molecule has 90 heavy (non-hydrogen) atoms. The van der Waals surface area contributed by atoms with E-state index in [2.05, 4.69) is 0 Å². The molecule has 5 fully saturated rings. The number of ether oxygens (including phenoxy) is 10. The fourth-order valence-electron chi connectivity index (χ4n) is 13.1. The van der Waals surface area contributed by atoms with Crippen LogP contribution in [0.5, 0.6) is 0 Å². The van der Waals surface area contributed by atoms with Crippen molar-refractivity contribution >= 4 is 35.4 Å². The summed E-state index contributed by atoms with van der Waals surface area (Å²) < 4.78 is 58.2. The smallest absolute Gasteiger partial charge is 0.460 e. The Morgan fingerprint density at radius 3 is 2.07 bits per heavy atom. The van der Waals surface area contributed by atoms with Crippen molar-refractivity contribution in [2.75, 3.05) is 41.1 Å². The van der Waals surface area contributed by atoms with Gasteiger partial charge in [0.1, 0.15) is 60.7 Å². The summed E-state index contributed by atoms with van der Waals surface area (Å²) in [4.78, 5) is 88.6. The molecule has 0 spiro atoms. The van der Waals surface area contributed by atoms with Crippen LogP contribution in [0, 0.1) is 35.5 Å². The van der Waals surface area contributed by atoms with Gasteiger partial charge in [0, 0.05) is 58.5 Å². The first-order valence-corrected chi connectivity index (χ1v) is 31.6. The summed E-state index contributed by atoms with van der Waals surface area (Å²) in [5.74, 6) is -10.2. The minimum absolute atomic E-state index is 0.0162. The van der Waals surface area contributed by atoms with Crippen LogP contribution in [-0.4, -0.2) is 243 Å². The number of fused-ring (bicyclic) bond motifs is 3. The Morgan fingerprint density at radius 2 is 1.41 bits per heavy atom. The standard InChI is InChI=1S/C64H99NO25/c1-32-16-12-11-13-17-33(2)44(81-8)28-40-21-19-38(7)64(80,90-40)58(76)59(77)65-23-15-14-18-41(65)60(78)84-45(35(4)26-39-20-22-42(68)46(27-39)82-9)29-43(69)34(3)25-37(6)55(56(83-10)49(70)36(5)24-32)88-63(79)89-62-57(53(74)51(72)48(31-67)86-62)87-61-54(75)52(73)50(71)47(30-66)85-61/h11-13,16-17,25,32,34-36,38-42,44-48,50-57,61-62,66-68,71-75,80H,14-15,18-24,26-31H2,1-10H3/b13-11+,16-12-,33-17+,37-25+/t32-,34-,35-,36-,38-,39?,40+,41?,42-,44+,45+,46-,47-,48-,50-,51-,52+,53+,54-,55-,56+,57-,61-,62+,64-/m1/s1. The van der Waals surface area contributed by atoms with Gasteiger partial charge in [0.25, 0.3) is 11.7 Å². The third-order valence-corrected chi connectivity index (χ3v) is 18.8. The third kappa shape index (κ3) is 18.5. The summed E-state index contributed by atoms with van der Waals surface area (Å²) in [7, 11) is 4.24. The van der Waals surface area contributed by atoms with Gasteiger partial charge in [-0.05, 0) is 107 Å². The molecule has 2 bridgehead atoms. The normalized spacial score (nSPS) is 42.7. The van der Waals surface area contributed by atoms with Gasteiger partial charge in [-0.1, -0.05) is 71.1 Å². The second kappa shape index (κ2) is 34.1. The summed E-state index contributed by atoms with van der Waals surface area (Å²) in [6.45, 7) is 10.0. The van der Waals surface area contributed by atoms with E-state index in [4.69, 9.17) is 47.4 Å². The summed E-state index contributed by atoms with van der Waals surface area (Å²) in [5.41, 5.74) is 0.873. The topological polar surface area (TPSA) is 380 Å². The number of carbonyl (C=O) groups is 6. The van der Waals surface area contributed by atoms with Gasteiger partial charge in [0.2, 0.25) is 12.1 Å². The first-order chi connectivity index (χ1) is 42.6. The number of carbonyl (C=O) groups excluding carboxylic acids is 6. The number of ketones is 3. The van der Waals surface area contributed by atoms with Gasteiger partial charge in [-0.25, -0.2) is 9.59 Å². The number of allylic oxidation sites excluding steroid dienone is 6. The van der Waals surface area contributed by atoms with Crippen molar-refractivity contribution in [1.82, 2.24) is 4.90 Å². The van der Waals surface area contributed by atoms with E-state index in [1.54, 1.807) is 32.1 Å². The van der Waals surface area contributed by atoms with Crippen LogP contribution in [0.25, 0.3) is 0 Å². The Kier molecular flexibility index (Phi) is 28.3. The molecular formula is C64H99NO25. The van der Waals surface area contributed by atoms with Gasteiger partial charge < -0.3 is 98.2 Å². The van der Waals surface area contributed by atoms with Gasteiger partial charge in [-0.2, -0.15) is 0 Å². The Bertz CT molecular complexity index is 2520. The Hall–Kier alpha value is -4.46. The molecule has 25 atom stereocenters. The molecule has 1 amide bonds. The average molecular weight is 1280 g/mol. The molecule has 26 heteroatoms. The monoisotopic (exact) mass is 1280 g/mol. The third-order valence-electron chi connectivity index (χ3n) is 18.8. The molecule has 2 unspecified atom stereocenters. The number of nitrogens with zero attached hydrogens (tertiary/aromatic N) is 1. The predicted octanol–water partition coefficient (Wildman–Crippen LogP) is 1.97. The molecule has 4 saturated heterocycles. The number of Topliss-reactive ketones (excluding diaryl/α,β-unsaturated/α-hetero) is 3. The molecule has 0 aromatic heterocycles. The Balaban J connectivity index is 1.37. The molecule has 6 rings (SSSR count). The van der Waals surface area contributed by atoms with Crippen LogP contribution in [0.1, 0.15) is 126 Å². The Labute approximate surface area is 526 Å². The lowest BCUT2D eigenvalue weighted by Crippen LogP contribution is -2.64. The van der Waals surface area contributed by atoms with Crippen LogP contribution >= 0.6 is 0 Å². The lowest BCUT2D eigenvalue weighted by molar-refractivity contribution is -0.362. The summed E-state index contributed by atoms with van der Waals surface area (Å²) in [6.07, 6.45) is -12.9. The van der Waals surface area contributed by atoms with Crippen LogP contribution in [0.3, 0.4) is 0 Å². The number of esters is 1. The van der Waals surface area contributed by atoms with E-state index in [0.717, 1.165) is 10.5 Å². The fourth-order valence-corrected chi connectivity index (χ4v) is 13.1. The van der Waals surface area contributed by atoms with E-state index in [-0.39, 0.29) is 43.2 Å².